The predicted octanol–water partition coefficient (Wildman–Crippen LogP) is 1.56. The van der Waals surface area contributed by atoms with Crippen molar-refractivity contribution < 1.29 is 14.9 Å². The van der Waals surface area contributed by atoms with Gasteiger partial charge in [0.1, 0.15) is 12.3 Å². The highest BCUT2D eigenvalue weighted by atomic mass is 32.1. The minimum atomic E-state index is -0.578. The smallest absolute Gasteiger partial charge is 0.133 e. The molecule has 0 radical (unpaired) electrons. The molecule has 3 heterocycles. The van der Waals surface area contributed by atoms with Gasteiger partial charge in [0.15, 0.2) is 0 Å². The van der Waals surface area contributed by atoms with E-state index < -0.39 is 12.2 Å². The SMILES string of the molecule is CC1c2sccc2C=CN1[C@H]1CC(O)[C@@H](CO)O1. The maximum atomic E-state index is 9.80. The highest BCUT2D eigenvalue weighted by Gasteiger charge is 2.38. The van der Waals surface area contributed by atoms with E-state index in [-0.39, 0.29) is 18.9 Å². The molecule has 18 heavy (non-hydrogen) atoms. The van der Waals surface area contributed by atoms with Crippen molar-refractivity contribution in [3.05, 3.63) is 28.1 Å². The van der Waals surface area contributed by atoms with Crippen molar-refractivity contribution in [3.8, 4) is 0 Å². The van der Waals surface area contributed by atoms with Gasteiger partial charge in [-0.25, -0.2) is 0 Å². The monoisotopic (exact) mass is 267 g/mol. The van der Waals surface area contributed by atoms with Crippen LogP contribution in [0.1, 0.15) is 29.8 Å². The average molecular weight is 267 g/mol. The molecule has 0 amide bonds. The molecule has 3 rings (SSSR count). The number of hydrogen-bond donors (Lipinski definition) is 2. The van der Waals surface area contributed by atoms with Gasteiger partial charge in [-0.15, -0.1) is 11.3 Å². The van der Waals surface area contributed by atoms with E-state index in [9.17, 15) is 5.11 Å². The maximum absolute atomic E-state index is 9.80. The van der Waals surface area contributed by atoms with Crippen LogP contribution in [0.15, 0.2) is 17.6 Å². The molecule has 2 aliphatic heterocycles. The summed E-state index contributed by atoms with van der Waals surface area (Å²) in [7, 11) is 0. The summed E-state index contributed by atoms with van der Waals surface area (Å²) < 4.78 is 5.70. The summed E-state index contributed by atoms with van der Waals surface area (Å²) in [5.41, 5.74) is 1.26. The molecule has 0 spiro atoms. The Bertz CT molecular complexity index is 459. The molecule has 1 fully saturated rings. The molecular formula is C13H17NO3S. The fourth-order valence-corrected chi connectivity index (χ4v) is 3.60. The largest absolute Gasteiger partial charge is 0.394 e. The molecule has 0 bridgehead atoms. The summed E-state index contributed by atoms with van der Waals surface area (Å²) in [6.07, 6.45) is 3.45. The van der Waals surface area contributed by atoms with Crippen molar-refractivity contribution in [3.63, 3.8) is 0 Å². The summed E-state index contributed by atoms with van der Waals surface area (Å²) in [6, 6.07) is 2.37. The zero-order chi connectivity index (χ0) is 12.7. The standard InChI is InChI=1S/C13H17NO3S/c1-8-13-9(3-5-18-13)2-4-14(8)12-6-10(16)11(7-15)17-12/h2-5,8,10-12,15-16H,6-7H2,1H3/t8?,10?,11-,12-/m1/s1. The highest BCUT2D eigenvalue weighted by molar-refractivity contribution is 7.10. The summed E-state index contributed by atoms with van der Waals surface area (Å²) in [6.45, 7) is 2.01. The van der Waals surface area contributed by atoms with Gasteiger partial charge in [0, 0.05) is 17.5 Å². The van der Waals surface area contributed by atoms with Crippen molar-refractivity contribution >= 4 is 17.4 Å². The van der Waals surface area contributed by atoms with Crippen molar-refractivity contribution in [1.29, 1.82) is 0 Å². The van der Waals surface area contributed by atoms with E-state index in [2.05, 4.69) is 29.3 Å². The molecule has 1 aromatic rings. The lowest BCUT2D eigenvalue weighted by Crippen LogP contribution is -2.34. The van der Waals surface area contributed by atoms with E-state index >= 15 is 0 Å². The number of rotatable bonds is 2. The van der Waals surface area contributed by atoms with Gasteiger partial charge in [0.2, 0.25) is 0 Å². The number of aliphatic hydroxyl groups is 2. The minimum absolute atomic E-state index is 0.131. The van der Waals surface area contributed by atoms with Gasteiger partial charge in [-0.3, -0.25) is 0 Å². The number of nitrogens with zero attached hydrogens (tertiary/aromatic N) is 1. The van der Waals surface area contributed by atoms with Crippen molar-refractivity contribution in [2.75, 3.05) is 6.61 Å². The molecule has 0 aromatic carbocycles. The van der Waals surface area contributed by atoms with Crippen LogP contribution in [0.25, 0.3) is 6.08 Å². The van der Waals surface area contributed by atoms with E-state index in [0.717, 1.165) is 0 Å². The second-order valence-electron chi connectivity index (χ2n) is 4.79. The van der Waals surface area contributed by atoms with Gasteiger partial charge in [-0.2, -0.15) is 0 Å². The summed E-state index contributed by atoms with van der Waals surface area (Å²) in [5, 5.41) is 21.0. The Morgan fingerprint density at radius 3 is 3.11 bits per heavy atom. The molecular weight excluding hydrogens is 250 g/mol. The quantitative estimate of drug-likeness (QED) is 0.854. The Kier molecular flexibility index (Phi) is 3.15. The fourth-order valence-electron chi connectivity index (χ4n) is 2.65. The molecule has 1 saturated heterocycles. The van der Waals surface area contributed by atoms with Crippen LogP contribution >= 0.6 is 11.3 Å². The van der Waals surface area contributed by atoms with Gasteiger partial charge in [-0.1, -0.05) is 0 Å². The summed E-state index contributed by atoms with van der Waals surface area (Å²) in [4.78, 5) is 3.44. The third kappa shape index (κ3) is 1.87. The van der Waals surface area contributed by atoms with E-state index in [0.29, 0.717) is 6.42 Å². The molecule has 1 aromatic heterocycles. The van der Waals surface area contributed by atoms with E-state index in [1.165, 1.54) is 10.4 Å². The first-order valence-corrected chi connectivity index (χ1v) is 7.06. The van der Waals surface area contributed by atoms with Gasteiger partial charge in [-0.05, 0) is 30.0 Å². The normalized spacial score (nSPS) is 34.9. The third-order valence-electron chi connectivity index (χ3n) is 3.70. The van der Waals surface area contributed by atoms with Crippen molar-refractivity contribution in [1.82, 2.24) is 4.90 Å². The molecule has 4 atom stereocenters. The lowest BCUT2D eigenvalue weighted by Gasteiger charge is -2.35. The van der Waals surface area contributed by atoms with Crippen LogP contribution in [0.3, 0.4) is 0 Å². The molecule has 2 unspecified atom stereocenters. The molecule has 0 aliphatic carbocycles. The van der Waals surface area contributed by atoms with Crippen LogP contribution in [0.5, 0.6) is 0 Å². The third-order valence-corrected chi connectivity index (χ3v) is 4.80. The van der Waals surface area contributed by atoms with Crippen LogP contribution in [0, 0.1) is 0 Å². The Morgan fingerprint density at radius 1 is 1.56 bits per heavy atom. The zero-order valence-electron chi connectivity index (χ0n) is 10.2. The minimum Gasteiger partial charge on any atom is -0.394 e. The van der Waals surface area contributed by atoms with Gasteiger partial charge in [0.25, 0.3) is 0 Å². The van der Waals surface area contributed by atoms with Crippen molar-refractivity contribution in [2.45, 2.75) is 37.8 Å². The van der Waals surface area contributed by atoms with Gasteiger partial charge in [0.05, 0.1) is 18.8 Å². The zero-order valence-corrected chi connectivity index (χ0v) is 11.0. The average Bonchev–Trinajstić information content (AvgIpc) is 2.96. The lowest BCUT2D eigenvalue weighted by atomic mass is 10.1. The lowest BCUT2D eigenvalue weighted by molar-refractivity contribution is -0.0733. The topological polar surface area (TPSA) is 52.9 Å². The second-order valence-corrected chi connectivity index (χ2v) is 5.74. The van der Waals surface area contributed by atoms with Crippen molar-refractivity contribution in [2.24, 2.45) is 0 Å². The molecule has 2 N–H and O–H groups in total. The molecule has 98 valence electrons. The maximum Gasteiger partial charge on any atom is 0.133 e. The number of thiophene rings is 1. The number of fused-ring (bicyclic) bond motifs is 1. The van der Waals surface area contributed by atoms with Crippen LogP contribution in [0.4, 0.5) is 0 Å². The molecule has 0 saturated carbocycles. The number of hydrogen-bond acceptors (Lipinski definition) is 5. The first kappa shape index (κ1) is 12.2. The van der Waals surface area contributed by atoms with Crippen LogP contribution in [-0.2, 0) is 4.74 Å². The summed E-state index contributed by atoms with van der Waals surface area (Å²) in [5.74, 6) is 0. The van der Waals surface area contributed by atoms with E-state index in [4.69, 9.17) is 9.84 Å². The molecule has 2 aliphatic rings. The van der Waals surface area contributed by atoms with E-state index in [1.807, 2.05) is 6.20 Å². The Labute approximate surface area is 110 Å². The first-order chi connectivity index (χ1) is 8.70. The van der Waals surface area contributed by atoms with E-state index in [1.54, 1.807) is 11.3 Å². The van der Waals surface area contributed by atoms with Crippen LogP contribution in [0.2, 0.25) is 0 Å². The number of aliphatic hydroxyl groups excluding tert-OH is 2. The predicted molar refractivity (Wildman–Crippen MR) is 70.0 cm³/mol. The molecule has 5 heteroatoms. The number of ether oxygens (including phenoxy) is 1. The second kappa shape index (κ2) is 4.66. The fraction of sp³-hybridized carbons (Fsp3) is 0.538. The Morgan fingerprint density at radius 2 is 2.39 bits per heavy atom. The molecule has 4 nitrogen and oxygen atoms in total. The van der Waals surface area contributed by atoms with Gasteiger partial charge < -0.3 is 19.8 Å². The summed E-state index contributed by atoms with van der Waals surface area (Å²) >= 11 is 1.74. The van der Waals surface area contributed by atoms with Crippen LogP contribution < -0.4 is 0 Å². The first-order valence-electron chi connectivity index (χ1n) is 6.18. The highest BCUT2D eigenvalue weighted by Crippen LogP contribution is 2.38. The Balaban J connectivity index is 1.79. The van der Waals surface area contributed by atoms with Crippen LogP contribution in [-0.4, -0.2) is 40.2 Å². The Hall–Kier alpha value is -0.880. The van der Waals surface area contributed by atoms with Gasteiger partial charge >= 0.3 is 0 Å².